The molecule has 0 saturated heterocycles. The number of aromatic amines is 2. The van der Waals surface area contributed by atoms with Gasteiger partial charge in [-0.1, -0.05) is 56.7 Å². The van der Waals surface area contributed by atoms with Gasteiger partial charge in [-0.2, -0.15) is 11.8 Å². The van der Waals surface area contributed by atoms with Crippen LogP contribution in [-0.2, 0) is 32.0 Å². The Morgan fingerprint density at radius 2 is 1.38 bits per heavy atom. The van der Waals surface area contributed by atoms with Crippen LogP contribution in [0.5, 0.6) is 0 Å². The highest BCUT2D eigenvalue weighted by Gasteiger charge is 2.32. The van der Waals surface area contributed by atoms with Gasteiger partial charge in [-0.3, -0.25) is 14.4 Å². The van der Waals surface area contributed by atoms with Crippen molar-refractivity contribution in [2.24, 2.45) is 11.7 Å². The fraction of sp³-hybridized carbons (Fsp3) is 0.394. The number of rotatable bonds is 16. The summed E-state index contributed by atoms with van der Waals surface area (Å²) in [5.41, 5.74) is 9.76. The lowest BCUT2D eigenvalue weighted by atomic mass is 9.96. The van der Waals surface area contributed by atoms with Crippen LogP contribution in [0.15, 0.2) is 60.9 Å². The average molecular weight is 635 g/mol. The third-order valence-corrected chi connectivity index (χ3v) is 8.85. The van der Waals surface area contributed by atoms with E-state index in [4.69, 9.17) is 5.73 Å². The number of carboxylic acid groups (broad SMARTS) is 1. The summed E-state index contributed by atoms with van der Waals surface area (Å²) in [6.45, 7) is 3.75. The average Bonchev–Trinajstić information content (AvgIpc) is 3.64. The van der Waals surface area contributed by atoms with Crippen molar-refractivity contribution in [1.29, 1.82) is 0 Å². The number of H-pyrrole nitrogens is 2. The quantitative estimate of drug-likeness (QED) is 0.0988. The van der Waals surface area contributed by atoms with Gasteiger partial charge in [0, 0.05) is 40.6 Å². The van der Waals surface area contributed by atoms with Crippen LogP contribution >= 0.6 is 11.8 Å². The van der Waals surface area contributed by atoms with Gasteiger partial charge in [-0.25, -0.2) is 4.79 Å². The van der Waals surface area contributed by atoms with Gasteiger partial charge in [0.05, 0.1) is 6.04 Å². The lowest BCUT2D eigenvalue weighted by Crippen LogP contribution is -2.59. The van der Waals surface area contributed by atoms with Crippen LogP contribution in [0.1, 0.15) is 37.8 Å². The zero-order chi connectivity index (χ0) is 32.5. The van der Waals surface area contributed by atoms with Crippen molar-refractivity contribution in [3.63, 3.8) is 0 Å². The minimum atomic E-state index is -1.21. The molecule has 2 aromatic carbocycles. The lowest BCUT2D eigenvalue weighted by Gasteiger charge is -2.28. The molecule has 0 saturated carbocycles. The number of nitrogens with one attached hydrogen (secondary N) is 5. The van der Waals surface area contributed by atoms with Crippen molar-refractivity contribution in [1.82, 2.24) is 25.9 Å². The number of carbonyl (C=O) groups is 4. The number of nitrogens with two attached hydrogens (primary N) is 1. The molecule has 0 aliphatic rings. The highest BCUT2D eigenvalue weighted by Crippen LogP contribution is 2.20. The van der Waals surface area contributed by atoms with Crippen LogP contribution in [0.3, 0.4) is 0 Å². The summed E-state index contributed by atoms with van der Waals surface area (Å²) in [6.07, 6.45) is 6.65. The monoisotopic (exact) mass is 634 g/mol. The number of aliphatic carboxylic acids is 1. The molecule has 240 valence electrons. The first-order chi connectivity index (χ1) is 21.6. The first-order valence-electron chi connectivity index (χ1n) is 15.1. The molecule has 0 aliphatic heterocycles. The number of carboxylic acids is 1. The van der Waals surface area contributed by atoms with Crippen LogP contribution in [-0.4, -0.2) is 74.9 Å². The molecule has 2 heterocycles. The van der Waals surface area contributed by atoms with Crippen molar-refractivity contribution in [3.8, 4) is 0 Å². The van der Waals surface area contributed by atoms with Crippen LogP contribution in [0.4, 0.5) is 0 Å². The molecule has 0 bridgehead atoms. The number of aromatic nitrogens is 2. The summed E-state index contributed by atoms with van der Waals surface area (Å²) in [7, 11) is 0. The molecule has 12 heteroatoms. The molecule has 2 aromatic heterocycles. The Hall–Kier alpha value is -4.29. The first-order valence-corrected chi connectivity index (χ1v) is 16.5. The summed E-state index contributed by atoms with van der Waals surface area (Å²) in [6, 6.07) is 11.2. The zero-order valence-corrected chi connectivity index (χ0v) is 26.6. The van der Waals surface area contributed by atoms with E-state index in [0.717, 1.165) is 32.9 Å². The summed E-state index contributed by atoms with van der Waals surface area (Å²) in [4.78, 5) is 58.8. The molecule has 11 nitrogen and oxygen atoms in total. The molecule has 4 aromatic rings. The number of benzene rings is 2. The Kier molecular flexibility index (Phi) is 11.7. The van der Waals surface area contributed by atoms with E-state index in [1.807, 2.05) is 74.8 Å². The summed E-state index contributed by atoms with van der Waals surface area (Å²) < 4.78 is 0. The van der Waals surface area contributed by atoms with Crippen molar-refractivity contribution in [2.75, 3.05) is 12.0 Å². The number of hydrogen-bond donors (Lipinski definition) is 7. The topological polar surface area (TPSA) is 182 Å². The number of fused-ring (bicyclic) bond motifs is 2. The van der Waals surface area contributed by atoms with Crippen molar-refractivity contribution in [2.45, 2.75) is 63.7 Å². The van der Waals surface area contributed by atoms with E-state index in [9.17, 15) is 24.3 Å². The van der Waals surface area contributed by atoms with Crippen molar-refractivity contribution < 1.29 is 24.3 Å². The number of carbonyl (C=O) groups excluding carboxylic acids is 3. The number of thioether (sulfide) groups is 1. The van der Waals surface area contributed by atoms with Gasteiger partial charge in [-0.15, -0.1) is 0 Å². The molecule has 0 radical (unpaired) electrons. The molecule has 8 N–H and O–H groups in total. The molecule has 3 amide bonds. The van der Waals surface area contributed by atoms with Crippen LogP contribution in [0, 0.1) is 5.92 Å². The van der Waals surface area contributed by atoms with Gasteiger partial charge in [0.2, 0.25) is 17.7 Å². The molecule has 45 heavy (non-hydrogen) atoms. The second-order valence-corrected chi connectivity index (χ2v) is 12.3. The second kappa shape index (κ2) is 15.6. The first kappa shape index (κ1) is 33.6. The maximum atomic E-state index is 13.6. The highest BCUT2D eigenvalue weighted by molar-refractivity contribution is 7.98. The number of hydrogen-bond acceptors (Lipinski definition) is 6. The van der Waals surface area contributed by atoms with Gasteiger partial charge in [0.1, 0.15) is 18.1 Å². The largest absolute Gasteiger partial charge is 0.480 e. The number of para-hydroxylation sites is 2. The zero-order valence-electron chi connectivity index (χ0n) is 25.8. The number of amides is 3. The van der Waals surface area contributed by atoms with E-state index in [-0.39, 0.29) is 25.2 Å². The fourth-order valence-electron chi connectivity index (χ4n) is 5.35. The van der Waals surface area contributed by atoms with E-state index in [1.54, 1.807) is 6.20 Å². The molecular formula is C33H42N6O5S. The maximum Gasteiger partial charge on any atom is 0.326 e. The van der Waals surface area contributed by atoms with Gasteiger partial charge in [0.25, 0.3) is 0 Å². The van der Waals surface area contributed by atoms with Crippen LogP contribution < -0.4 is 21.7 Å². The van der Waals surface area contributed by atoms with E-state index >= 15 is 0 Å². The van der Waals surface area contributed by atoms with Crippen molar-refractivity contribution >= 4 is 57.3 Å². The SMILES string of the molecule is CCC(C)C(NC(=O)C(N)Cc1c[nH]c2ccccc12)C(=O)NC(CCSC)C(=O)NC(Cc1c[nH]c2ccccc12)C(=O)O. The Morgan fingerprint density at radius 1 is 0.822 bits per heavy atom. The standard InChI is InChI=1S/C33H42N6O5S/c1-4-19(2)29(39-30(40)24(34)15-20-17-35-25-11-7-5-9-22(20)25)32(42)37-27(13-14-45-3)31(41)38-28(33(43)44)16-21-18-36-26-12-8-6-10-23(21)26/h5-12,17-19,24,27-29,35-36H,4,13-16,34H2,1-3H3,(H,37,42)(H,38,41)(H,39,40)(H,43,44). The highest BCUT2D eigenvalue weighted by atomic mass is 32.2. The van der Waals surface area contributed by atoms with E-state index in [2.05, 4.69) is 25.9 Å². The Labute approximate surface area is 266 Å². The Morgan fingerprint density at radius 3 is 1.93 bits per heavy atom. The van der Waals surface area contributed by atoms with Gasteiger partial charge < -0.3 is 36.8 Å². The Balaban J connectivity index is 1.44. The maximum absolute atomic E-state index is 13.6. The van der Waals surface area contributed by atoms with Gasteiger partial charge in [-0.05, 0) is 54.0 Å². The molecule has 0 spiro atoms. The van der Waals surface area contributed by atoms with E-state index in [0.29, 0.717) is 12.2 Å². The predicted molar refractivity (Wildman–Crippen MR) is 178 cm³/mol. The molecular weight excluding hydrogens is 592 g/mol. The lowest BCUT2D eigenvalue weighted by molar-refractivity contribution is -0.142. The van der Waals surface area contributed by atoms with Gasteiger partial charge >= 0.3 is 5.97 Å². The molecule has 0 fully saturated rings. The third-order valence-electron chi connectivity index (χ3n) is 8.20. The normalized spacial score (nSPS) is 14.8. The third kappa shape index (κ3) is 8.46. The molecule has 4 rings (SSSR count). The summed E-state index contributed by atoms with van der Waals surface area (Å²) in [5, 5.41) is 20.0. The van der Waals surface area contributed by atoms with Crippen molar-refractivity contribution in [3.05, 3.63) is 72.1 Å². The van der Waals surface area contributed by atoms with E-state index < -0.39 is 47.9 Å². The fourth-order valence-corrected chi connectivity index (χ4v) is 5.82. The molecule has 0 aliphatic carbocycles. The van der Waals surface area contributed by atoms with Gasteiger partial charge in [0.15, 0.2) is 0 Å². The summed E-state index contributed by atoms with van der Waals surface area (Å²) in [5.74, 6) is -2.49. The molecule has 5 atom stereocenters. The molecule has 5 unspecified atom stereocenters. The smallest absolute Gasteiger partial charge is 0.326 e. The minimum Gasteiger partial charge on any atom is -0.480 e. The van der Waals surface area contributed by atoms with E-state index in [1.165, 1.54) is 11.8 Å². The second-order valence-electron chi connectivity index (χ2n) is 11.3. The predicted octanol–water partition coefficient (Wildman–Crippen LogP) is 3.10. The Bertz CT molecular complexity index is 1630. The van der Waals surface area contributed by atoms with Crippen LogP contribution in [0.25, 0.3) is 21.8 Å². The summed E-state index contributed by atoms with van der Waals surface area (Å²) >= 11 is 1.50. The minimum absolute atomic E-state index is 0.0636. The van der Waals surface area contributed by atoms with Crippen LogP contribution in [0.2, 0.25) is 0 Å².